The Morgan fingerprint density at radius 2 is 2.25 bits per heavy atom. The van der Waals surface area contributed by atoms with Gasteiger partial charge < -0.3 is 5.11 Å². The van der Waals surface area contributed by atoms with Crippen LogP contribution in [0.25, 0.3) is 0 Å². The van der Waals surface area contributed by atoms with Crippen molar-refractivity contribution < 1.29 is 14.8 Å². The zero-order valence-electron chi connectivity index (χ0n) is 10.4. The van der Waals surface area contributed by atoms with E-state index in [0.29, 0.717) is 16.3 Å². The van der Waals surface area contributed by atoms with Crippen LogP contribution in [0.1, 0.15) is 21.6 Å². The number of benzene rings is 1. The summed E-state index contributed by atoms with van der Waals surface area (Å²) in [6.45, 7) is 1.64. The molecule has 0 fully saturated rings. The fourth-order valence-corrected chi connectivity index (χ4v) is 2.04. The van der Waals surface area contributed by atoms with E-state index in [4.69, 9.17) is 16.7 Å². The number of aryl methyl sites for hydroxylation is 1. The highest BCUT2D eigenvalue weighted by molar-refractivity contribution is 6.30. The molecule has 7 nitrogen and oxygen atoms in total. The van der Waals surface area contributed by atoms with Gasteiger partial charge in [-0.05, 0) is 19.1 Å². The molecular formula is C12H10ClN3O4. The first-order valence-electron chi connectivity index (χ1n) is 5.58. The van der Waals surface area contributed by atoms with E-state index in [-0.39, 0.29) is 17.8 Å². The van der Waals surface area contributed by atoms with E-state index in [1.807, 2.05) is 0 Å². The number of carboxylic acids is 1. The van der Waals surface area contributed by atoms with Gasteiger partial charge >= 0.3 is 5.97 Å². The maximum Gasteiger partial charge on any atom is 0.339 e. The van der Waals surface area contributed by atoms with Crippen molar-refractivity contribution in [2.24, 2.45) is 0 Å². The highest BCUT2D eigenvalue weighted by Crippen LogP contribution is 2.23. The molecule has 0 bridgehead atoms. The molecule has 0 atom stereocenters. The Morgan fingerprint density at radius 3 is 2.80 bits per heavy atom. The SMILES string of the molecule is Cc1nn(Cc2cc(Cl)ccc2[N+](=O)[O-])cc1C(=O)O. The molecule has 0 amide bonds. The summed E-state index contributed by atoms with van der Waals surface area (Å²) in [5.41, 5.74) is 0.693. The standard InChI is InChI=1S/C12H10ClN3O4/c1-7-10(12(17)18)6-15(14-7)5-8-4-9(13)2-3-11(8)16(19)20/h2-4,6H,5H2,1H3,(H,17,18). The van der Waals surface area contributed by atoms with Crippen molar-refractivity contribution in [2.75, 3.05) is 0 Å². The molecule has 0 aliphatic rings. The third-order valence-corrected chi connectivity index (χ3v) is 2.98. The van der Waals surface area contributed by atoms with Crippen LogP contribution in [-0.2, 0) is 6.54 Å². The van der Waals surface area contributed by atoms with E-state index in [1.165, 1.54) is 29.1 Å². The molecule has 2 aromatic rings. The molecule has 0 saturated carbocycles. The molecule has 1 N–H and O–H groups in total. The average Bonchev–Trinajstić information content (AvgIpc) is 2.70. The fraction of sp³-hybridized carbons (Fsp3) is 0.167. The lowest BCUT2D eigenvalue weighted by Gasteiger charge is -2.04. The minimum Gasteiger partial charge on any atom is -0.478 e. The van der Waals surface area contributed by atoms with Gasteiger partial charge in [-0.1, -0.05) is 11.6 Å². The second-order valence-corrected chi connectivity index (χ2v) is 4.60. The maximum absolute atomic E-state index is 10.9. The normalized spacial score (nSPS) is 10.5. The van der Waals surface area contributed by atoms with Crippen LogP contribution in [0, 0.1) is 17.0 Å². The molecule has 8 heteroatoms. The lowest BCUT2D eigenvalue weighted by molar-refractivity contribution is -0.385. The quantitative estimate of drug-likeness (QED) is 0.690. The van der Waals surface area contributed by atoms with E-state index in [9.17, 15) is 14.9 Å². The highest BCUT2D eigenvalue weighted by atomic mass is 35.5. The predicted octanol–water partition coefficient (Wildman–Crippen LogP) is 2.50. The van der Waals surface area contributed by atoms with E-state index in [1.54, 1.807) is 6.92 Å². The smallest absolute Gasteiger partial charge is 0.339 e. The third-order valence-electron chi connectivity index (χ3n) is 2.75. The predicted molar refractivity (Wildman–Crippen MR) is 71.1 cm³/mol. The first kappa shape index (κ1) is 14.0. The summed E-state index contributed by atoms with van der Waals surface area (Å²) in [7, 11) is 0. The van der Waals surface area contributed by atoms with Crippen LogP contribution in [0.4, 0.5) is 5.69 Å². The Labute approximate surface area is 118 Å². The molecule has 20 heavy (non-hydrogen) atoms. The number of carbonyl (C=O) groups is 1. The molecule has 2 rings (SSSR count). The van der Waals surface area contributed by atoms with E-state index >= 15 is 0 Å². The fourth-order valence-electron chi connectivity index (χ4n) is 1.84. The molecule has 1 heterocycles. The summed E-state index contributed by atoms with van der Waals surface area (Å²) >= 11 is 5.83. The van der Waals surface area contributed by atoms with Gasteiger partial charge in [-0.15, -0.1) is 0 Å². The lowest BCUT2D eigenvalue weighted by atomic mass is 10.2. The number of nitro groups is 1. The van der Waals surface area contributed by atoms with Gasteiger partial charge in [-0.3, -0.25) is 14.8 Å². The second-order valence-electron chi connectivity index (χ2n) is 4.16. The molecule has 0 aliphatic heterocycles. The third kappa shape index (κ3) is 2.77. The number of hydrogen-bond donors (Lipinski definition) is 1. The molecule has 0 unspecified atom stereocenters. The van der Waals surface area contributed by atoms with Gasteiger partial charge in [0.1, 0.15) is 5.56 Å². The summed E-state index contributed by atoms with van der Waals surface area (Å²) in [5.74, 6) is -1.09. The van der Waals surface area contributed by atoms with Crippen LogP contribution in [0.15, 0.2) is 24.4 Å². The van der Waals surface area contributed by atoms with Crippen molar-refractivity contribution in [1.82, 2.24) is 9.78 Å². The monoisotopic (exact) mass is 295 g/mol. The Hall–Kier alpha value is -2.41. The first-order valence-corrected chi connectivity index (χ1v) is 5.96. The summed E-state index contributed by atoms with van der Waals surface area (Å²) in [6, 6.07) is 4.21. The summed E-state index contributed by atoms with van der Waals surface area (Å²) in [6.07, 6.45) is 1.34. The van der Waals surface area contributed by atoms with Crippen LogP contribution in [0.3, 0.4) is 0 Å². The van der Waals surface area contributed by atoms with Crippen LogP contribution in [0.2, 0.25) is 5.02 Å². The van der Waals surface area contributed by atoms with E-state index < -0.39 is 10.9 Å². The topological polar surface area (TPSA) is 98.3 Å². The van der Waals surface area contributed by atoms with Gasteiger partial charge in [0.15, 0.2) is 0 Å². The molecule has 0 aliphatic carbocycles. The number of aromatic carboxylic acids is 1. The van der Waals surface area contributed by atoms with Crippen molar-refractivity contribution in [3.05, 3.63) is 56.4 Å². The number of nitro benzene ring substituents is 1. The molecule has 0 saturated heterocycles. The van der Waals surface area contributed by atoms with Crippen molar-refractivity contribution >= 4 is 23.3 Å². The summed E-state index contributed by atoms with van der Waals surface area (Å²) < 4.78 is 1.34. The number of hydrogen-bond acceptors (Lipinski definition) is 4. The van der Waals surface area contributed by atoms with Gasteiger partial charge in [0.05, 0.1) is 22.7 Å². The summed E-state index contributed by atoms with van der Waals surface area (Å²) in [4.78, 5) is 21.4. The van der Waals surface area contributed by atoms with Crippen LogP contribution in [-0.4, -0.2) is 25.8 Å². The van der Waals surface area contributed by atoms with E-state index in [0.717, 1.165) is 0 Å². The van der Waals surface area contributed by atoms with Gasteiger partial charge in [0, 0.05) is 17.3 Å². The Balaban J connectivity index is 2.39. The minimum absolute atomic E-state index is 0.0645. The van der Waals surface area contributed by atoms with Gasteiger partial charge in [-0.2, -0.15) is 5.10 Å². The van der Waals surface area contributed by atoms with Gasteiger partial charge in [-0.25, -0.2) is 4.79 Å². The zero-order chi connectivity index (χ0) is 14.9. The maximum atomic E-state index is 10.9. The van der Waals surface area contributed by atoms with Crippen molar-refractivity contribution in [1.29, 1.82) is 0 Å². The number of carboxylic acid groups (broad SMARTS) is 1. The van der Waals surface area contributed by atoms with Crippen LogP contribution < -0.4 is 0 Å². The van der Waals surface area contributed by atoms with Crippen molar-refractivity contribution in [3.63, 3.8) is 0 Å². The minimum atomic E-state index is -1.09. The molecule has 0 radical (unpaired) electrons. The number of aromatic nitrogens is 2. The first-order chi connectivity index (χ1) is 9.38. The molecule has 0 spiro atoms. The van der Waals surface area contributed by atoms with Crippen LogP contribution >= 0.6 is 11.6 Å². The highest BCUT2D eigenvalue weighted by Gasteiger charge is 2.17. The molecular weight excluding hydrogens is 286 g/mol. The number of halogens is 1. The number of nitrogens with zero attached hydrogens (tertiary/aromatic N) is 3. The van der Waals surface area contributed by atoms with E-state index in [2.05, 4.69) is 5.10 Å². The molecule has 104 valence electrons. The number of rotatable bonds is 4. The van der Waals surface area contributed by atoms with Gasteiger partial charge in [0.2, 0.25) is 0 Å². The lowest BCUT2D eigenvalue weighted by Crippen LogP contribution is -2.04. The Morgan fingerprint density at radius 1 is 1.55 bits per heavy atom. The second kappa shape index (κ2) is 5.30. The largest absolute Gasteiger partial charge is 0.478 e. The Bertz CT molecular complexity index is 696. The molecule has 1 aromatic heterocycles. The van der Waals surface area contributed by atoms with Gasteiger partial charge in [0.25, 0.3) is 5.69 Å². The van der Waals surface area contributed by atoms with Crippen LogP contribution in [0.5, 0.6) is 0 Å². The van der Waals surface area contributed by atoms with Crippen molar-refractivity contribution in [2.45, 2.75) is 13.5 Å². The van der Waals surface area contributed by atoms with Crippen molar-refractivity contribution in [3.8, 4) is 0 Å². The Kier molecular flexibility index (Phi) is 3.71. The average molecular weight is 296 g/mol. The zero-order valence-corrected chi connectivity index (χ0v) is 11.2. The summed E-state index contributed by atoms with van der Waals surface area (Å²) in [5, 5.41) is 24.3. The molecule has 1 aromatic carbocycles.